The van der Waals surface area contributed by atoms with Crippen LogP contribution >= 0.6 is 0 Å². The van der Waals surface area contributed by atoms with Gasteiger partial charge in [-0.1, -0.05) is 0 Å². The molecule has 4 nitrogen and oxygen atoms in total. The van der Waals surface area contributed by atoms with Crippen molar-refractivity contribution in [3.8, 4) is 0 Å². The Balaban J connectivity index is 2.61. The fourth-order valence-electron chi connectivity index (χ4n) is 1.27. The van der Waals surface area contributed by atoms with Gasteiger partial charge >= 0.3 is 5.97 Å². The molecule has 0 aliphatic heterocycles. The summed E-state index contributed by atoms with van der Waals surface area (Å²) in [6.45, 7) is 4.11. The molecular weight excluding hydrogens is 192 g/mol. The lowest BCUT2D eigenvalue weighted by molar-refractivity contribution is -0.136. The second kappa shape index (κ2) is 5.34. The number of aromatic nitrogens is 1. The lowest BCUT2D eigenvalue weighted by atomic mass is 10.2. The van der Waals surface area contributed by atoms with Crippen LogP contribution in [-0.4, -0.2) is 22.1 Å². The molecule has 1 aromatic heterocycles. The van der Waals surface area contributed by atoms with Crippen molar-refractivity contribution in [2.24, 2.45) is 0 Å². The molecule has 1 rings (SSSR count). The normalized spacial score (nSPS) is 10.3. The van der Waals surface area contributed by atoms with Gasteiger partial charge in [0.05, 0.1) is 6.42 Å². The zero-order valence-electron chi connectivity index (χ0n) is 9.03. The predicted molar refractivity (Wildman–Crippen MR) is 59.0 cm³/mol. The van der Waals surface area contributed by atoms with Crippen LogP contribution in [0.1, 0.15) is 26.0 Å². The highest BCUT2D eigenvalue weighted by Gasteiger charge is 2.02. The molecule has 15 heavy (non-hydrogen) atoms. The maximum Gasteiger partial charge on any atom is 0.303 e. The van der Waals surface area contributed by atoms with Gasteiger partial charge in [0.25, 0.3) is 0 Å². The second-order valence-corrected chi connectivity index (χ2v) is 3.73. The van der Waals surface area contributed by atoms with Gasteiger partial charge in [0, 0.05) is 30.0 Å². The van der Waals surface area contributed by atoms with Crippen molar-refractivity contribution >= 4 is 11.7 Å². The van der Waals surface area contributed by atoms with E-state index in [9.17, 15) is 4.79 Å². The van der Waals surface area contributed by atoms with Gasteiger partial charge in [-0.3, -0.25) is 9.78 Å². The summed E-state index contributed by atoms with van der Waals surface area (Å²) < 4.78 is 0. The Morgan fingerprint density at radius 3 is 2.93 bits per heavy atom. The lowest BCUT2D eigenvalue weighted by Crippen LogP contribution is -2.10. The minimum absolute atomic E-state index is 0.123. The maximum absolute atomic E-state index is 10.4. The first-order chi connectivity index (χ1) is 7.08. The van der Waals surface area contributed by atoms with Crippen LogP contribution in [0.25, 0.3) is 0 Å². The molecule has 0 unspecified atom stereocenters. The van der Waals surface area contributed by atoms with Gasteiger partial charge in [-0.05, 0) is 26.0 Å². The summed E-state index contributed by atoms with van der Waals surface area (Å²) in [6, 6.07) is 4.13. The number of anilines is 1. The summed E-state index contributed by atoms with van der Waals surface area (Å²) >= 11 is 0. The molecule has 0 spiro atoms. The van der Waals surface area contributed by atoms with E-state index in [4.69, 9.17) is 5.11 Å². The molecule has 0 amide bonds. The average molecular weight is 208 g/mol. The fraction of sp³-hybridized carbons (Fsp3) is 0.455. The second-order valence-electron chi connectivity index (χ2n) is 3.73. The molecule has 82 valence electrons. The Hall–Kier alpha value is -1.58. The summed E-state index contributed by atoms with van der Waals surface area (Å²) in [5.74, 6) is -0.793. The van der Waals surface area contributed by atoms with E-state index < -0.39 is 5.97 Å². The summed E-state index contributed by atoms with van der Waals surface area (Å²) in [7, 11) is 0. The maximum atomic E-state index is 10.4. The molecule has 0 aliphatic carbocycles. The monoisotopic (exact) mass is 208 g/mol. The first-order valence-corrected chi connectivity index (χ1v) is 5.01. The Morgan fingerprint density at radius 2 is 2.33 bits per heavy atom. The van der Waals surface area contributed by atoms with Crippen molar-refractivity contribution in [1.82, 2.24) is 4.98 Å². The Kier molecular flexibility index (Phi) is 4.09. The molecule has 4 heteroatoms. The number of aryl methyl sites for hydroxylation is 1. The Labute approximate surface area is 89.3 Å². The van der Waals surface area contributed by atoms with Crippen molar-refractivity contribution in [3.63, 3.8) is 0 Å². The summed E-state index contributed by atoms with van der Waals surface area (Å²) in [5.41, 5.74) is 1.79. The molecule has 0 aromatic carbocycles. The number of carboxylic acid groups (broad SMARTS) is 1. The van der Waals surface area contributed by atoms with Gasteiger partial charge in [-0.2, -0.15) is 0 Å². The molecule has 0 bridgehead atoms. The van der Waals surface area contributed by atoms with E-state index in [0.29, 0.717) is 12.5 Å². The molecule has 0 atom stereocenters. The van der Waals surface area contributed by atoms with Crippen LogP contribution in [0.3, 0.4) is 0 Å². The third-order valence-corrected chi connectivity index (χ3v) is 1.87. The zero-order valence-corrected chi connectivity index (χ0v) is 9.03. The summed E-state index contributed by atoms with van der Waals surface area (Å²) in [5, 5.41) is 11.8. The van der Waals surface area contributed by atoms with Crippen molar-refractivity contribution in [2.45, 2.75) is 32.7 Å². The SMILES string of the molecule is CC(C)Nc1ccnc(CCC(=O)O)c1. The van der Waals surface area contributed by atoms with Gasteiger partial charge in [0.15, 0.2) is 0 Å². The average Bonchev–Trinajstić information content (AvgIpc) is 2.14. The lowest BCUT2D eigenvalue weighted by Gasteiger charge is -2.10. The molecule has 1 aromatic rings. The van der Waals surface area contributed by atoms with Crippen LogP contribution in [0.4, 0.5) is 5.69 Å². The number of carboxylic acids is 1. The van der Waals surface area contributed by atoms with Gasteiger partial charge in [0.2, 0.25) is 0 Å². The molecule has 0 radical (unpaired) electrons. The molecule has 2 N–H and O–H groups in total. The quantitative estimate of drug-likeness (QED) is 0.776. The molecule has 1 heterocycles. The van der Waals surface area contributed by atoms with E-state index in [-0.39, 0.29) is 6.42 Å². The number of aliphatic carboxylic acids is 1. The third kappa shape index (κ3) is 4.44. The van der Waals surface area contributed by atoms with E-state index in [2.05, 4.69) is 24.1 Å². The van der Waals surface area contributed by atoms with E-state index in [1.807, 2.05) is 12.1 Å². The molecular formula is C11H16N2O2. The van der Waals surface area contributed by atoms with Gasteiger partial charge in [-0.15, -0.1) is 0 Å². The molecule has 0 fully saturated rings. The van der Waals surface area contributed by atoms with Crippen molar-refractivity contribution in [3.05, 3.63) is 24.0 Å². The first-order valence-electron chi connectivity index (χ1n) is 5.01. The van der Waals surface area contributed by atoms with Crippen molar-refractivity contribution in [1.29, 1.82) is 0 Å². The topological polar surface area (TPSA) is 62.2 Å². The van der Waals surface area contributed by atoms with Gasteiger partial charge in [-0.25, -0.2) is 0 Å². The highest BCUT2D eigenvalue weighted by molar-refractivity contribution is 5.67. The van der Waals surface area contributed by atoms with Crippen LogP contribution in [0, 0.1) is 0 Å². The molecule has 0 saturated heterocycles. The number of hydrogen-bond donors (Lipinski definition) is 2. The van der Waals surface area contributed by atoms with Gasteiger partial charge in [0.1, 0.15) is 0 Å². The van der Waals surface area contributed by atoms with Crippen molar-refractivity contribution < 1.29 is 9.90 Å². The minimum Gasteiger partial charge on any atom is -0.481 e. The number of rotatable bonds is 5. The van der Waals surface area contributed by atoms with Crippen LogP contribution in [0.15, 0.2) is 18.3 Å². The smallest absolute Gasteiger partial charge is 0.303 e. The highest BCUT2D eigenvalue weighted by Crippen LogP contribution is 2.10. The number of pyridine rings is 1. The van der Waals surface area contributed by atoms with Crippen LogP contribution in [0.5, 0.6) is 0 Å². The van der Waals surface area contributed by atoms with Crippen LogP contribution in [0.2, 0.25) is 0 Å². The van der Waals surface area contributed by atoms with E-state index in [1.165, 1.54) is 0 Å². The number of nitrogens with zero attached hydrogens (tertiary/aromatic N) is 1. The minimum atomic E-state index is -0.793. The Morgan fingerprint density at radius 1 is 1.60 bits per heavy atom. The first kappa shape index (κ1) is 11.5. The van der Waals surface area contributed by atoms with E-state index >= 15 is 0 Å². The molecule has 0 aliphatic rings. The Bertz CT molecular complexity index is 337. The molecule has 0 saturated carbocycles. The largest absolute Gasteiger partial charge is 0.481 e. The number of hydrogen-bond acceptors (Lipinski definition) is 3. The van der Waals surface area contributed by atoms with Gasteiger partial charge < -0.3 is 10.4 Å². The number of carbonyl (C=O) groups is 1. The third-order valence-electron chi connectivity index (χ3n) is 1.87. The van der Waals surface area contributed by atoms with E-state index in [1.54, 1.807) is 6.20 Å². The summed E-state index contributed by atoms with van der Waals surface area (Å²) in [4.78, 5) is 14.5. The number of nitrogens with one attached hydrogen (secondary N) is 1. The van der Waals surface area contributed by atoms with Crippen LogP contribution < -0.4 is 5.32 Å². The summed E-state index contributed by atoms with van der Waals surface area (Å²) in [6.07, 6.45) is 2.29. The van der Waals surface area contributed by atoms with Crippen molar-refractivity contribution in [2.75, 3.05) is 5.32 Å². The zero-order chi connectivity index (χ0) is 11.3. The van der Waals surface area contributed by atoms with E-state index in [0.717, 1.165) is 11.4 Å². The predicted octanol–water partition coefficient (Wildman–Crippen LogP) is 1.92. The van der Waals surface area contributed by atoms with Crippen LogP contribution in [-0.2, 0) is 11.2 Å². The standard InChI is InChI=1S/C11H16N2O2/c1-8(2)13-10-5-6-12-9(7-10)3-4-11(14)15/h5-8H,3-4H2,1-2H3,(H,12,13)(H,14,15). The highest BCUT2D eigenvalue weighted by atomic mass is 16.4. The fourth-order valence-corrected chi connectivity index (χ4v) is 1.27.